The van der Waals surface area contributed by atoms with Gasteiger partial charge in [0.1, 0.15) is 10.8 Å². The van der Waals surface area contributed by atoms with E-state index in [1.54, 1.807) is 12.1 Å². The Hall–Kier alpha value is -1.86. The molecule has 3 N–H and O–H groups in total. The first kappa shape index (κ1) is 17.9. The van der Waals surface area contributed by atoms with Crippen LogP contribution >= 0.6 is 27.3 Å². The molecule has 0 bridgehead atoms. The lowest BCUT2D eigenvalue weighted by Gasteiger charge is -2.18. The quantitative estimate of drug-likeness (QED) is 0.769. The SMILES string of the molecule is CC1CCc2c(sc(NC(=O)COc3cccc(Br)c3)c2C(N)=O)C1. The zero-order chi connectivity index (χ0) is 18.0. The number of nitrogens with one attached hydrogen (secondary N) is 1. The number of anilines is 1. The van der Waals surface area contributed by atoms with Crippen LogP contribution < -0.4 is 15.8 Å². The lowest BCUT2D eigenvalue weighted by atomic mass is 9.88. The number of amides is 2. The highest BCUT2D eigenvalue weighted by Crippen LogP contribution is 2.39. The highest BCUT2D eigenvalue weighted by Gasteiger charge is 2.27. The fourth-order valence-corrected chi connectivity index (χ4v) is 4.78. The number of hydrogen-bond acceptors (Lipinski definition) is 4. The monoisotopic (exact) mass is 422 g/mol. The molecule has 1 aromatic carbocycles. The molecule has 0 radical (unpaired) electrons. The minimum atomic E-state index is -0.490. The second-order valence-electron chi connectivity index (χ2n) is 6.21. The molecule has 0 saturated heterocycles. The smallest absolute Gasteiger partial charge is 0.262 e. The third-order valence-corrected chi connectivity index (χ3v) is 5.84. The van der Waals surface area contributed by atoms with Crippen LogP contribution in [0.3, 0.4) is 0 Å². The van der Waals surface area contributed by atoms with E-state index >= 15 is 0 Å². The van der Waals surface area contributed by atoms with Crippen molar-refractivity contribution in [3.05, 3.63) is 44.7 Å². The molecule has 1 aliphatic carbocycles. The number of carbonyl (C=O) groups excluding carboxylic acids is 2. The van der Waals surface area contributed by atoms with Gasteiger partial charge in [0.25, 0.3) is 11.8 Å². The molecule has 0 spiro atoms. The van der Waals surface area contributed by atoms with E-state index in [2.05, 4.69) is 28.2 Å². The van der Waals surface area contributed by atoms with Crippen molar-refractivity contribution in [2.75, 3.05) is 11.9 Å². The number of hydrogen-bond donors (Lipinski definition) is 2. The van der Waals surface area contributed by atoms with Gasteiger partial charge in [-0.05, 0) is 48.9 Å². The van der Waals surface area contributed by atoms with Gasteiger partial charge in [-0.2, -0.15) is 0 Å². The van der Waals surface area contributed by atoms with Crippen molar-refractivity contribution in [2.45, 2.75) is 26.2 Å². The molecule has 0 aliphatic heterocycles. The maximum Gasteiger partial charge on any atom is 0.262 e. The van der Waals surface area contributed by atoms with Gasteiger partial charge in [-0.25, -0.2) is 0 Å². The van der Waals surface area contributed by atoms with Crippen molar-refractivity contribution in [3.63, 3.8) is 0 Å². The molecule has 1 unspecified atom stereocenters. The van der Waals surface area contributed by atoms with Crippen molar-refractivity contribution in [3.8, 4) is 5.75 Å². The van der Waals surface area contributed by atoms with Crippen LogP contribution in [0.15, 0.2) is 28.7 Å². The molecule has 1 aromatic heterocycles. The summed E-state index contributed by atoms with van der Waals surface area (Å²) < 4.78 is 6.36. The summed E-state index contributed by atoms with van der Waals surface area (Å²) in [4.78, 5) is 25.3. The minimum Gasteiger partial charge on any atom is -0.484 e. The first-order valence-electron chi connectivity index (χ1n) is 8.06. The van der Waals surface area contributed by atoms with E-state index in [0.29, 0.717) is 22.2 Å². The molecule has 5 nitrogen and oxygen atoms in total. The highest BCUT2D eigenvalue weighted by atomic mass is 79.9. The van der Waals surface area contributed by atoms with Crippen molar-refractivity contribution in [2.24, 2.45) is 11.7 Å². The Kier molecular flexibility index (Phi) is 5.44. The van der Waals surface area contributed by atoms with Crippen molar-refractivity contribution in [1.29, 1.82) is 0 Å². The van der Waals surface area contributed by atoms with Crippen molar-refractivity contribution >= 4 is 44.1 Å². The topological polar surface area (TPSA) is 81.4 Å². The fraction of sp³-hybridized carbons (Fsp3) is 0.333. The van der Waals surface area contributed by atoms with E-state index < -0.39 is 5.91 Å². The molecule has 7 heteroatoms. The van der Waals surface area contributed by atoms with Gasteiger partial charge in [-0.1, -0.05) is 28.9 Å². The van der Waals surface area contributed by atoms with Crippen LogP contribution in [0.5, 0.6) is 5.75 Å². The number of nitrogens with two attached hydrogens (primary N) is 1. The maximum atomic E-state index is 12.2. The standard InChI is InChI=1S/C18H19BrN2O3S/c1-10-5-6-13-14(7-10)25-18(16(13)17(20)23)21-15(22)9-24-12-4-2-3-11(19)8-12/h2-4,8,10H,5-7,9H2,1H3,(H2,20,23)(H,21,22). The average Bonchev–Trinajstić information content (AvgIpc) is 2.90. The number of carbonyl (C=O) groups is 2. The molecule has 3 rings (SSSR count). The highest BCUT2D eigenvalue weighted by molar-refractivity contribution is 9.10. The van der Waals surface area contributed by atoms with E-state index in [0.717, 1.165) is 34.2 Å². The second-order valence-corrected chi connectivity index (χ2v) is 8.24. The van der Waals surface area contributed by atoms with Crippen molar-refractivity contribution < 1.29 is 14.3 Å². The third kappa shape index (κ3) is 4.22. The predicted octanol–water partition coefficient (Wildman–Crippen LogP) is 3.75. The molecular weight excluding hydrogens is 404 g/mol. The van der Waals surface area contributed by atoms with E-state index in [9.17, 15) is 9.59 Å². The lowest BCUT2D eigenvalue weighted by molar-refractivity contribution is -0.118. The molecule has 132 valence electrons. The maximum absolute atomic E-state index is 12.2. The zero-order valence-corrected chi connectivity index (χ0v) is 16.2. The third-order valence-electron chi connectivity index (χ3n) is 4.18. The largest absolute Gasteiger partial charge is 0.484 e. The normalized spacial score (nSPS) is 16.2. The summed E-state index contributed by atoms with van der Waals surface area (Å²) >= 11 is 4.81. The summed E-state index contributed by atoms with van der Waals surface area (Å²) in [6.45, 7) is 2.06. The van der Waals surface area contributed by atoms with Crippen LogP contribution in [0.1, 0.15) is 34.1 Å². The first-order chi connectivity index (χ1) is 11.9. The molecule has 1 aliphatic rings. The molecule has 25 heavy (non-hydrogen) atoms. The summed E-state index contributed by atoms with van der Waals surface area (Å²) in [6.07, 6.45) is 2.78. The summed E-state index contributed by atoms with van der Waals surface area (Å²) in [6, 6.07) is 7.27. The summed E-state index contributed by atoms with van der Waals surface area (Å²) in [5.41, 5.74) is 7.01. The number of halogens is 1. The minimum absolute atomic E-state index is 0.131. The number of benzene rings is 1. The number of ether oxygens (including phenoxy) is 1. The van der Waals surface area contributed by atoms with E-state index in [1.807, 2.05) is 12.1 Å². The van der Waals surface area contributed by atoms with Crippen LogP contribution in [0.2, 0.25) is 0 Å². The Bertz CT molecular complexity index is 819. The second kappa shape index (κ2) is 7.58. The molecule has 2 aromatic rings. The van der Waals surface area contributed by atoms with Crippen LogP contribution in [-0.2, 0) is 17.6 Å². The van der Waals surface area contributed by atoms with Crippen LogP contribution in [-0.4, -0.2) is 18.4 Å². The molecule has 2 amide bonds. The molecule has 0 fully saturated rings. The predicted molar refractivity (Wildman–Crippen MR) is 102 cm³/mol. The summed E-state index contributed by atoms with van der Waals surface area (Å²) in [5.74, 6) is 0.374. The van der Waals surface area contributed by atoms with Gasteiger partial charge < -0.3 is 15.8 Å². The fourth-order valence-electron chi connectivity index (χ4n) is 2.97. The average molecular weight is 423 g/mol. The van der Waals surface area contributed by atoms with Crippen molar-refractivity contribution in [1.82, 2.24) is 0 Å². The Morgan fingerprint density at radius 3 is 2.96 bits per heavy atom. The summed E-state index contributed by atoms with van der Waals surface area (Å²) in [7, 11) is 0. The number of rotatable bonds is 5. The zero-order valence-electron chi connectivity index (χ0n) is 13.8. The van der Waals surface area contributed by atoms with Gasteiger partial charge in [-0.15, -0.1) is 11.3 Å². The van der Waals surface area contributed by atoms with Gasteiger partial charge in [0.15, 0.2) is 6.61 Å². The molecule has 1 atom stereocenters. The summed E-state index contributed by atoms with van der Waals surface area (Å²) in [5, 5.41) is 3.33. The Labute approximate surface area is 158 Å². The van der Waals surface area contributed by atoms with E-state index in [1.165, 1.54) is 11.3 Å². The molecule has 0 saturated carbocycles. The van der Waals surface area contributed by atoms with Gasteiger partial charge in [-0.3, -0.25) is 9.59 Å². The Morgan fingerprint density at radius 2 is 2.24 bits per heavy atom. The van der Waals surface area contributed by atoms with Crippen LogP contribution in [0.25, 0.3) is 0 Å². The van der Waals surface area contributed by atoms with E-state index in [4.69, 9.17) is 10.5 Å². The van der Waals surface area contributed by atoms with Gasteiger partial charge in [0, 0.05) is 9.35 Å². The number of thiophene rings is 1. The Morgan fingerprint density at radius 1 is 1.44 bits per heavy atom. The molecule has 1 heterocycles. The molecular formula is C18H19BrN2O3S. The van der Waals surface area contributed by atoms with Gasteiger partial charge in [0.2, 0.25) is 0 Å². The number of primary amides is 1. The van der Waals surface area contributed by atoms with Gasteiger partial charge >= 0.3 is 0 Å². The number of fused-ring (bicyclic) bond motifs is 1. The Balaban J connectivity index is 1.71. The lowest BCUT2D eigenvalue weighted by Crippen LogP contribution is -2.22. The first-order valence-corrected chi connectivity index (χ1v) is 9.67. The van der Waals surface area contributed by atoms with Gasteiger partial charge in [0.05, 0.1) is 5.56 Å². The van der Waals surface area contributed by atoms with Crippen LogP contribution in [0, 0.1) is 5.92 Å². The van der Waals surface area contributed by atoms with Crippen LogP contribution in [0.4, 0.5) is 5.00 Å². The van der Waals surface area contributed by atoms with E-state index in [-0.39, 0.29) is 12.5 Å².